The van der Waals surface area contributed by atoms with Crippen LogP contribution >= 0.6 is 0 Å². The molecule has 2 heterocycles. The highest BCUT2D eigenvalue weighted by atomic mass is 16.5. The average Bonchev–Trinajstić information content (AvgIpc) is 3.41. The number of ether oxygens (including phenoxy) is 1. The van der Waals surface area contributed by atoms with Crippen molar-refractivity contribution in [1.82, 2.24) is 29.8 Å². The minimum absolute atomic E-state index is 0.237. The Balaban J connectivity index is 1.51. The molecule has 4 rings (SSSR count). The summed E-state index contributed by atoms with van der Waals surface area (Å²) < 4.78 is 8.86. The molecule has 1 aliphatic carbocycles. The lowest BCUT2D eigenvalue weighted by Gasteiger charge is -2.25. The van der Waals surface area contributed by atoms with Crippen LogP contribution < -0.4 is 15.8 Å². The van der Waals surface area contributed by atoms with Gasteiger partial charge in [0.2, 0.25) is 0 Å². The number of anilines is 1. The number of amides is 1. The molecule has 1 amide bonds. The van der Waals surface area contributed by atoms with E-state index in [0.717, 1.165) is 31.4 Å². The van der Waals surface area contributed by atoms with Crippen molar-refractivity contribution in [1.29, 1.82) is 0 Å². The Kier molecular flexibility index (Phi) is 5.02. The molecule has 0 radical (unpaired) electrons. The lowest BCUT2D eigenvalue weighted by Crippen LogP contribution is -2.28. The third kappa shape index (κ3) is 3.72. The minimum atomic E-state index is -0.349. The SMILES string of the molecule is COc1ccc(-n2cnnc2)cc1NC(=O)c1cn(C2CCC(N)CC2)nn1. The second kappa shape index (κ2) is 7.77. The molecule has 1 fully saturated rings. The summed E-state index contributed by atoms with van der Waals surface area (Å²) in [5.74, 6) is 0.191. The van der Waals surface area contributed by atoms with E-state index in [1.54, 1.807) is 47.3 Å². The van der Waals surface area contributed by atoms with Crippen LogP contribution in [0, 0.1) is 0 Å². The first-order valence-corrected chi connectivity index (χ1v) is 9.16. The molecule has 3 aromatic rings. The molecule has 1 aliphatic rings. The van der Waals surface area contributed by atoms with E-state index in [0.29, 0.717) is 11.4 Å². The van der Waals surface area contributed by atoms with Crippen molar-refractivity contribution in [3.63, 3.8) is 0 Å². The Morgan fingerprint density at radius 2 is 1.96 bits per heavy atom. The van der Waals surface area contributed by atoms with Gasteiger partial charge < -0.3 is 15.8 Å². The first-order valence-electron chi connectivity index (χ1n) is 9.16. The van der Waals surface area contributed by atoms with Crippen molar-refractivity contribution in [2.75, 3.05) is 12.4 Å². The second-order valence-electron chi connectivity index (χ2n) is 6.86. The number of benzene rings is 1. The molecule has 146 valence electrons. The number of hydrogen-bond donors (Lipinski definition) is 2. The van der Waals surface area contributed by atoms with Crippen LogP contribution in [0.3, 0.4) is 0 Å². The Hall–Kier alpha value is -3.27. The van der Waals surface area contributed by atoms with Crippen molar-refractivity contribution in [2.24, 2.45) is 5.73 Å². The number of carbonyl (C=O) groups is 1. The van der Waals surface area contributed by atoms with Gasteiger partial charge in [0, 0.05) is 6.04 Å². The van der Waals surface area contributed by atoms with Crippen LogP contribution in [0.15, 0.2) is 37.1 Å². The van der Waals surface area contributed by atoms with Gasteiger partial charge in [-0.2, -0.15) is 0 Å². The first kappa shape index (κ1) is 18.1. The van der Waals surface area contributed by atoms with Gasteiger partial charge in [-0.1, -0.05) is 5.21 Å². The number of hydrogen-bond acceptors (Lipinski definition) is 7. The van der Waals surface area contributed by atoms with Gasteiger partial charge in [-0.25, -0.2) is 4.68 Å². The summed E-state index contributed by atoms with van der Waals surface area (Å²) in [4.78, 5) is 12.7. The summed E-state index contributed by atoms with van der Waals surface area (Å²) in [6.07, 6.45) is 8.65. The van der Waals surface area contributed by atoms with Crippen LogP contribution in [0.2, 0.25) is 0 Å². The van der Waals surface area contributed by atoms with Crippen LogP contribution in [0.4, 0.5) is 5.69 Å². The smallest absolute Gasteiger partial charge is 0.277 e. The van der Waals surface area contributed by atoms with Crippen molar-refractivity contribution < 1.29 is 9.53 Å². The Labute approximate surface area is 161 Å². The summed E-state index contributed by atoms with van der Waals surface area (Å²) in [7, 11) is 1.55. The van der Waals surface area contributed by atoms with Gasteiger partial charge in [0.1, 0.15) is 18.4 Å². The van der Waals surface area contributed by atoms with E-state index in [9.17, 15) is 4.79 Å². The van der Waals surface area contributed by atoms with E-state index in [4.69, 9.17) is 10.5 Å². The zero-order chi connectivity index (χ0) is 19.5. The fourth-order valence-electron chi connectivity index (χ4n) is 3.40. The van der Waals surface area contributed by atoms with E-state index < -0.39 is 0 Å². The topological polar surface area (TPSA) is 126 Å². The molecule has 0 saturated heterocycles. The lowest BCUT2D eigenvalue weighted by molar-refractivity contribution is 0.102. The van der Waals surface area contributed by atoms with E-state index in [2.05, 4.69) is 25.8 Å². The van der Waals surface area contributed by atoms with E-state index >= 15 is 0 Å². The fourth-order valence-corrected chi connectivity index (χ4v) is 3.40. The van der Waals surface area contributed by atoms with E-state index in [1.807, 2.05) is 6.07 Å². The lowest BCUT2D eigenvalue weighted by atomic mass is 9.92. The number of methoxy groups -OCH3 is 1. The summed E-state index contributed by atoms with van der Waals surface area (Å²) in [6.45, 7) is 0. The zero-order valence-corrected chi connectivity index (χ0v) is 15.5. The molecule has 1 saturated carbocycles. The average molecular weight is 382 g/mol. The number of rotatable bonds is 5. The third-order valence-corrected chi connectivity index (χ3v) is 5.01. The van der Waals surface area contributed by atoms with Gasteiger partial charge in [-0.05, 0) is 43.9 Å². The largest absolute Gasteiger partial charge is 0.495 e. The highest BCUT2D eigenvalue weighted by Gasteiger charge is 2.22. The minimum Gasteiger partial charge on any atom is -0.495 e. The molecule has 28 heavy (non-hydrogen) atoms. The quantitative estimate of drug-likeness (QED) is 0.686. The Morgan fingerprint density at radius 3 is 2.68 bits per heavy atom. The van der Waals surface area contributed by atoms with Gasteiger partial charge in [0.05, 0.1) is 30.7 Å². The van der Waals surface area contributed by atoms with Crippen LogP contribution in [0.25, 0.3) is 5.69 Å². The summed E-state index contributed by atoms with van der Waals surface area (Å²) in [5, 5.41) is 18.6. The van der Waals surface area contributed by atoms with Crippen molar-refractivity contribution >= 4 is 11.6 Å². The predicted molar refractivity (Wildman–Crippen MR) is 101 cm³/mol. The molecule has 10 nitrogen and oxygen atoms in total. The molecule has 1 aromatic carbocycles. The molecule has 3 N–H and O–H groups in total. The van der Waals surface area contributed by atoms with Gasteiger partial charge >= 0.3 is 0 Å². The molecular formula is C18H22N8O2. The van der Waals surface area contributed by atoms with Crippen molar-refractivity contribution in [3.8, 4) is 11.4 Å². The number of nitrogens with two attached hydrogens (primary N) is 1. The van der Waals surface area contributed by atoms with Gasteiger partial charge in [-0.3, -0.25) is 9.36 Å². The van der Waals surface area contributed by atoms with E-state index in [-0.39, 0.29) is 23.7 Å². The summed E-state index contributed by atoms with van der Waals surface area (Å²) in [5.41, 5.74) is 7.53. The normalized spacial score (nSPS) is 19.4. The maximum absolute atomic E-state index is 12.7. The summed E-state index contributed by atoms with van der Waals surface area (Å²) >= 11 is 0. The highest BCUT2D eigenvalue weighted by Crippen LogP contribution is 2.29. The molecule has 0 atom stereocenters. The molecule has 0 unspecified atom stereocenters. The van der Waals surface area contributed by atoms with Gasteiger partial charge in [0.25, 0.3) is 5.91 Å². The summed E-state index contributed by atoms with van der Waals surface area (Å²) in [6, 6.07) is 5.90. The number of carbonyl (C=O) groups excluding carboxylic acids is 1. The molecule has 0 bridgehead atoms. The first-order chi connectivity index (χ1) is 13.6. The molecular weight excluding hydrogens is 360 g/mol. The molecule has 2 aromatic heterocycles. The predicted octanol–water partition coefficient (Wildman–Crippen LogP) is 1.56. The number of nitrogens with one attached hydrogen (secondary N) is 1. The molecule has 10 heteroatoms. The fraction of sp³-hybridized carbons (Fsp3) is 0.389. The number of aromatic nitrogens is 6. The van der Waals surface area contributed by atoms with Crippen LogP contribution in [-0.4, -0.2) is 48.8 Å². The van der Waals surface area contributed by atoms with Crippen LogP contribution in [0.1, 0.15) is 42.2 Å². The van der Waals surface area contributed by atoms with Crippen LogP contribution in [-0.2, 0) is 0 Å². The molecule has 0 aliphatic heterocycles. The number of nitrogens with zero attached hydrogens (tertiary/aromatic N) is 6. The Morgan fingerprint density at radius 1 is 1.21 bits per heavy atom. The van der Waals surface area contributed by atoms with Gasteiger partial charge in [-0.15, -0.1) is 15.3 Å². The van der Waals surface area contributed by atoms with Crippen LogP contribution in [0.5, 0.6) is 5.75 Å². The zero-order valence-electron chi connectivity index (χ0n) is 15.5. The second-order valence-corrected chi connectivity index (χ2v) is 6.86. The maximum atomic E-state index is 12.7. The third-order valence-electron chi connectivity index (χ3n) is 5.01. The van der Waals surface area contributed by atoms with Gasteiger partial charge in [0.15, 0.2) is 5.69 Å². The maximum Gasteiger partial charge on any atom is 0.277 e. The van der Waals surface area contributed by atoms with E-state index in [1.165, 1.54) is 0 Å². The molecule has 0 spiro atoms. The Bertz CT molecular complexity index is 944. The van der Waals surface area contributed by atoms with Crippen molar-refractivity contribution in [3.05, 3.63) is 42.7 Å². The monoisotopic (exact) mass is 382 g/mol. The standard InChI is InChI=1S/C18H22N8O2/c1-28-17-7-6-14(25-10-20-21-11-25)8-15(17)22-18(27)16-9-26(24-23-16)13-4-2-12(19)3-5-13/h6-13H,2-5,19H2,1H3,(H,22,27). The highest BCUT2D eigenvalue weighted by molar-refractivity contribution is 6.03. The van der Waals surface area contributed by atoms with Crippen molar-refractivity contribution in [2.45, 2.75) is 37.8 Å².